The van der Waals surface area contributed by atoms with Crippen LogP contribution in [0, 0.1) is 0 Å². The Morgan fingerprint density at radius 2 is 1.90 bits per heavy atom. The zero-order valence-electron chi connectivity index (χ0n) is 17.5. The molecule has 0 spiro atoms. The van der Waals surface area contributed by atoms with Crippen LogP contribution in [0.5, 0.6) is 0 Å². The van der Waals surface area contributed by atoms with Gasteiger partial charge in [-0.1, -0.05) is 57.4 Å². The molecule has 29 heavy (non-hydrogen) atoms. The summed E-state index contributed by atoms with van der Waals surface area (Å²) in [6.45, 7) is 7.07. The highest BCUT2D eigenvalue weighted by Crippen LogP contribution is 2.25. The van der Waals surface area contributed by atoms with E-state index in [9.17, 15) is 0 Å². The number of anilines is 2. The highest BCUT2D eigenvalue weighted by atomic mass is 32.1. The molecule has 0 atom stereocenters. The Kier molecular flexibility index (Phi) is 7.03. The van der Waals surface area contributed by atoms with E-state index in [0.717, 1.165) is 34.6 Å². The molecule has 6 nitrogen and oxygen atoms in total. The number of aromatic nitrogens is 3. The molecule has 0 amide bonds. The summed E-state index contributed by atoms with van der Waals surface area (Å²) in [5.74, 6) is 0.788. The number of aliphatic hydroxyl groups is 1. The van der Waals surface area contributed by atoms with Crippen LogP contribution in [0.3, 0.4) is 0 Å². The highest BCUT2D eigenvalue weighted by molar-refractivity contribution is 7.22. The molecule has 1 saturated carbocycles. The fraction of sp³-hybridized carbons (Fsp3) is 0.500. The monoisotopic (exact) mass is 413 g/mol. The third kappa shape index (κ3) is 6.37. The Labute approximate surface area is 176 Å². The first-order valence-corrected chi connectivity index (χ1v) is 11.0. The molecule has 0 bridgehead atoms. The first-order valence-electron chi connectivity index (χ1n) is 10.2. The molecule has 1 fully saturated rings. The molecule has 7 heteroatoms. The van der Waals surface area contributed by atoms with Crippen molar-refractivity contribution < 1.29 is 5.11 Å². The topological polar surface area (TPSA) is 97.0 Å². The fourth-order valence-electron chi connectivity index (χ4n) is 3.18. The van der Waals surface area contributed by atoms with Gasteiger partial charge in [0.15, 0.2) is 5.13 Å². The minimum atomic E-state index is -0.0102. The number of thiazole rings is 1. The first kappa shape index (κ1) is 21.5. The van der Waals surface area contributed by atoms with Gasteiger partial charge in [0.25, 0.3) is 0 Å². The van der Waals surface area contributed by atoms with E-state index in [-0.39, 0.29) is 11.5 Å². The van der Waals surface area contributed by atoms with Crippen LogP contribution < -0.4 is 11.1 Å². The van der Waals surface area contributed by atoms with Crippen LogP contribution in [0.25, 0.3) is 10.2 Å². The van der Waals surface area contributed by atoms with E-state index in [1.807, 2.05) is 12.3 Å². The number of rotatable bonds is 3. The van der Waals surface area contributed by atoms with Crippen molar-refractivity contribution in [2.24, 2.45) is 0 Å². The van der Waals surface area contributed by atoms with Gasteiger partial charge in [0, 0.05) is 18.2 Å². The maximum absolute atomic E-state index is 8.91. The lowest BCUT2D eigenvalue weighted by Crippen LogP contribution is -2.15. The molecule has 0 saturated heterocycles. The third-order valence-electron chi connectivity index (χ3n) is 4.92. The van der Waals surface area contributed by atoms with Crippen molar-refractivity contribution in [2.45, 2.75) is 70.9 Å². The van der Waals surface area contributed by atoms with Crippen molar-refractivity contribution in [1.82, 2.24) is 15.0 Å². The lowest BCUT2D eigenvalue weighted by molar-refractivity contribution is 0.130. The van der Waals surface area contributed by atoms with Gasteiger partial charge < -0.3 is 16.2 Å². The standard InChI is InChI=1S/C16H19N5S.C6H12O/c1-16(2,3)13-8-18-9-14(21-13)19-7-10-4-5-11-12(6-10)22-15(17)20-11;7-6-4-2-1-3-5-6/h4-6,8-9H,7H2,1-3H3,(H2,17,20)(H,19,21);6-7H,1-5H2. The number of hydrogen-bond donors (Lipinski definition) is 3. The van der Waals surface area contributed by atoms with Crippen LogP contribution in [0.1, 0.15) is 64.1 Å². The summed E-state index contributed by atoms with van der Waals surface area (Å²) in [4.78, 5) is 13.2. The minimum Gasteiger partial charge on any atom is -0.393 e. The zero-order chi connectivity index (χ0) is 20.9. The average Bonchev–Trinajstić information content (AvgIpc) is 3.06. The maximum Gasteiger partial charge on any atom is 0.181 e. The summed E-state index contributed by atoms with van der Waals surface area (Å²) >= 11 is 1.50. The number of hydrogen-bond acceptors (Lipinski definition) is 7. The van der Waals surface area contributed by atoms with Crippen LogP contribution in [0.2, 0.25) is 0 Å². The highest BCUT2D eigenvalue weighted by Gasteiger charge is 2.16. The number of fused-ring (bicyclic) bond motifs is 1. The van der Waals surface area contributed by atoms with Crippen LogP contribution in [-0.4, -0.2) is 26.2 Å². The smallest absolute Gasteiger partial charge is 0.181 e. The van der Waals surface area contributed by atoms with Gasteiger partial charge >= 0.3 is 0 Å². The van der Waals surface area contributed by atoms with Gasteiger partial charge in [0.05, 0.1) is 28.2 Å². The number of nitrogens with zero attached hydrogens (tertiary/aromatic N) is 3. The molecule has 1 aromatic carbocycles. The fourth-order valence-corrected chi connectivity index (χ4v) is 3.98. The summed E-state index contributed by atoms with van der Waals surface area (Å²) in [5, 5.41) is 12.8. The van der Waals surface area contributed by atoms with Crippen molar-refractivity contribution in [3.8, 4) is 0 Å². The van der Waals surface area contributed by atoms with Crippen molar-refractivity contribution in [3.05, 3.63) is 41.9 Å². The number of aliphatic hydroxyl groups excluding tert-OH is 1. The van der Waals surface area contributed by atoms with E-state index in [1.54, 1.807) is 6.20 Å². The molecule has 156 valence electrons. The van der Waals surface area contributed by atoms with Gasteiger partial charge in [0.1, 0.15) is 5.82 Å². The maximum atomic E-state index is 8.91. The quantitative estimate of drug-likeness (QED) is 0.566. The van der Waals surface area contributed by atoms with Gasteiger partial charge in [0.2, 0.25) is 0 Å². The van der Waals surface area contributed by atoms with Crippen LogP contribution >= 0.6 is 11.3 Å². The number of nitrogens with two attached hydrogens (primary N) is 1. The summed E-state index contributed by atoms with van der Waals surface area (Å²) < 4.78 is 1.10. The summed E-state index contributed by atoms with van der Waals surface area (Å²) in [6, 6.07) is 6.16. The van der Waals surface area contributed by atoms with Crippen molar-refractivity contribution in [3.63, 3.8) is 0 Å². The average molecular weight is 414 g/mol. The SMILES string of the molecule is CC(C)(C)c1cncc(NCc2ccc3nc(N)sc3c2)n1.OC1CCCCC1. The third-order valence-corrected chi connectivity index (χ3v) is 5.77. The van der Waals surface area contributed by atoms with E-state index in [0.29, 0.717) is 11.7 Å². The van der Waals surface area contributed by atoms with Gasteiger partial charge in [-0.05, 0) is 30.5 Å². The number of benzene rings is 1. The summed E-state index contributed by atoms with van der Waals surface area (Å²) in [5.41, 5.74) is 8.81. The molecular weight excluding hydrogens is 382 g/mol. The van der Waals surface area contributed by atoms with E-state index >= 15 is 0 Å². The predicted octanol–water partition coefficient (Wildman–Crippen LogP) is 4.89. The van der Waals surface area contributed by atoms with Gasteiger partial charge in [-0.25, -0.2) is 9.97 Å². The zero-order valence-corrected chi connectivity index (χ0v) is 18.3. The van der Waals surface area contributed by atoms with Gasteiger partial charge in [-0.2, -0.15) is 0 Å². The molecule has 2 heterocycles. The van der Waals surface area contributed by atoms with E-state index in [1.165, 1.54) is 36.2 Å². The minimum absolute atomic E-state index is 0.0102. The molecule has 1 aliphatic carbocycles. The molecule has 2 aromatic heterocycles. The Morgan fingerprint density at radius 3 is 2.55 bits per heavy atom. The van der Waals surface area contributed by atoms with E-state index in [2.05, 4.69) is 53.2 Å². The van der Waals surface area contributed by atoms with Crippen LogP contribution in [0.4, 0.5) is 10.9 Å². The number of nitrogen functional groups attached to an aromatic ring is 1. The van der Waals surface area contributed by atoms with Gasteiger partial charge in [-0.15, -0.1) is 0 Å². The second-order valence-electron chi connectivity index (χ2n) is 8.54. The lowest BCUT2D eigenvalue weighted by Gasteiger charge is -2.17. The molecule has 0 aliphatic heterocycles. The molecule has 4 N–H and O–H groups in total. The van der Waals surface area contributed by atoms with Gasteiger partial charge in [-0.3, -0.25) is 4.98 Å². The second kappa shape index (κ2) is 9.50. The predicted molar refractivity (Wildman–Crippen MR) is 121 cm³/mol. The molecular formula is C22H31N5OS. The molecule has 3 aromatic rings. The first-order chi connectivity index (χ1) is 13.8. The van der Waals surface area contributed by atoms with Crippen molar-refractivity contribution in [2.75, 3.05) is 11.1 Å². The molecule has 0 unspecified atom stereocenters. The normalized spacial score (nSPS) is 15.0. The van der Waals surface area contributed by atoms with E-state index < -0.39 is 0 Å². The molecule has 1 aliphatic rings. The van der Waals surface area contributed by atoms with Crippen molar-refractivity contribution in [1.29, 1.82) is 0 Å². The Morgan fingerprint density at radius 1 is 1.14 bits per heavy atom. The van der Waals surface area contributed by atoms with Crippen molar-refractivity contribution >= 4 is 32.5 Å². The molecule has 4 rings (SSSR count). The summed E-state index contributed by atoms with van der Waals surface area (Å²) in [7, 11) is 0. The second-order valence-corrected chi connectivity index (χ2v) is 9.60. The van der Waals surface area contributed by atoms with Crippen LogP contribution in [-0.2, 0) is 12.0 Å². The Hall–Kier alpha value is -2.25. The number of nitrogens with one attached hydrogen (secondary N) is 1. The Balaban J connectivity index is 0.000000290. The Bertz CT molecular complexity index is 928. The summed E-state index contributed by atoms with van der Waals surface area (Å²) in [6.07, 6.45) is 9.49. The van der Waals surface area contributed by atoms with Crippen LogP contribution in [0.15, 0.2) is 30.6 Å². The molecule has 0 radical (unpaired) electrons. The van der Waals surface area contributed by atoms with E-state index in [4.69, 9.17) is 10.8 Å². The lowest BCUT2D eigenvalue weighted by atomic mass is 9.93. The largest absolute Gasteiger partial charge is 0.393 e.